The quantitative estimate of drug-likeness (QED) is 0.207. The molecule has 2 atom stereocenters. The molecule has 1 heterocycles. The number of aliphatic hydroxyl groups excluding tert-OH is 2. The zero-order chi connectivity index (χ0) is 40.4. The monoisotopic (exact) mass is 821 g/mol. The zero-order valence-corrected chi connectivity index (χ0v) is 33.7. The summed E-state index contributed by atoms with van der Waals surface area (Å²) in [6.07, 6.45) is 0.692. The van der Waals surface area contributed by atoms with Gasteiger partial charge in [0.05, 0.1) is 27.8 Å². The molecule has 0 aliphatic carbocycles. The van der Waals surface area contributed by atoms with E-state index in [-0.39, 0.29) is 53.6 Å². The first-order valence-corrected chi connectivity index (χ1v) is 22.3. The topological polar surface area (TPSA) is 211 Å². The van der Waals surface area contributed by atoms with Gasteiger partial charge in [-0.3, -0.25) is 9.59 Å². The number of aliphatic hydroxyl groups is 2. The Morgan fingerprint density at radius 3 is 1.07 bits per heavy atom. The van der Waals surface area contributed by atoms with E-state index in [1.807, 2.05) is 0 Å². The summed E-state index contributed by atoms with van der Waals surface area (Å²) in [5.74, 6) is -1.51. The molecule has 2 unspecified atom stereocenters. The predicted molar refractivity (Wildman–Crippen MR) is 206 cm³/mol. The molecule has 1 saturated heterocycles. The van der Waals surface area contributed by atoms with E-state index in [1.165, 1.54) is 36.4 Å². The van der Waals surface area contributed by atoms with Crippen molar-refractivity contribution in [2.45, 2.75) is 73.2 Å². The van der Waals surface area contributed by atoms with Gasteiger partial charge in [-0.1, -0.05) is 53.1 Å². The van der Waals surface area contributed by atoms with Gasteiger partial charge in [0.2, 0.25) is 41.9 Å². The summed E-state index contributed by atoms with van der Waals surface area (Å²) >= 11 is 0. The van der Waals surface area contributed by atoms with Crippen LogP contribution in [0.1, 0.15) is 42.4 Å². The first kappa shape index (κ1) is 44.0. The van der Waals surface area contributed by atoms with Gasteiger partial charge >= 0.3 is 0 Å². The van der Waals surface area contributed by atoms with Crippen LogP contribution in [-0.4, -0.2) is 125 Å². The van der Waals surface area contributed by atoms with E-state index >= 15 is 0 Å². The maximum atomic E-state index is 14.2. The summed E-state index contributed by atoms with van der Waals surface area (Å²) in [6.45, 7) is 1.44. The highest BCUT2D eigenvalue weighted by atomic mass is 32.2. The van der Waals surface area contributed by atoms with Gasteiger partial charge in [-0.05, 0) is 82.9 Å². The van der Waals surface area contributed by atoms with Crippen molar-refractivity contribution in [1.29, 1.82) is 0 Å². The second-order valence-corrected chi connectivity index (χ2v) is 19.4. The SMILES string of the molecule is Cc1ccc(S(=O)(=O)N2CCN(S(=O)(=O)c3ccc(C)cc3)CC(=O)NC(CCCO)C(CCCO)NC(=O)CN(S(=O)(=O)c3ccc(C)cc3)CC2)cc1. The summed E-state index contributed by atoms with van der Waals surface area (Å²) in [4.78, 5) is 27.2. The lowest BCUT2D eigenvalue weighted by Crippen LogP contribution is -2.55. The van der Waals surface area contributed by atoms with Crippen LogP contribution in [0.4, 0.5) is 0 Å². The molecule has 2 amide bonds. The molecule has 0 saturated carbocycles. The van der Waals surface area contributed by atoms with Crippen LogP contribution in [0.2, 0.25) is 0 Å². The van der Waals surface area contributed by atoms with Crippen molar-refractivity contribution in [2.75, 3.05) is 52.5 Å². The van der Waals surface area contributed by atoms with Crippen LogP contribution in [0.3, 0.4) is 0 Å². The molecular formula is C37H51N5O10S3. The highest BCUT2D eigenvalue weighted by molar-refractivity contribution is 7.89. The third-order valence-electron chi connectivity index (χ3n) is 9.34. The molecule has 0 radical (unpaired) electrons. The largest absolute Gasteiger partial charge is 0.396 e. The zero-order valence-electron chi connectivity index (χ0n) is 31.3. The van der Waals surface area contributed by atoms with Crippen molar-refractivity contribution in [1.82, 2.24) is 23.5 Å². The van der Waals surface area contributed by atoms with Gasteiger partial charge in [-0.15, -0.1) is 0 Å². The molecule has 3 aromatic rings. The number of hydrogen-bond acceptors (Lipinski definition) is 10. The van der Waals surface area contributed by atoms with Crippen molar-refractivity contribution in [3.05, 3.63) is 89.5 Å². The van der Waals surface area contributed by atoms with Gasteiger partial charge in [-0.25, -0.2) is 25.3 Å². The number of hydrogen-bond donors (Lipinski definition) is 4. The first-order valence-electron chi connectivity index (χ1n) is 18.0. The van der Waals surface area contributed by atoms with Crippen molar-refractivity contribution in [3.8, 4) is 0 Å². The van der Waals surface area contributed by atoms with Crippen LogP contribution in [-0.2, 0) is 39.7 Å². The molecule has 1 fully saturated rings. The Morgan fingerprint density at radius 1 is 0.509 bits per heavy atom. The van der Waals surface area contributed by atoms with Crippen LogP contribution in [0.15, 0.2) is 87.5 Å². The van der Waals surface area contributed by atoms with Gasteiger partial charge in [-0.2, -0.15) is 12.9 Å². The van der Waals surface area contributed by atoms with Crippen LogP contribution < -0.4 is 10.6 Å². The van der Waals surface area contributed by atoms with E-state index in [9.17, 15) is 45.1 Å². The minimum atomic E-state index is -4.41. The van der Waals surface area contributed by atoms with Crippen molar-refractivity contribution in [3.63, 3.8) is 0 Å². The Balaban J connectivity index is 1.86. The maximum Gasteiger partial charge on any atom is 0.243 e. The molecule has 0 aromatic heterocycles. The number of rotatable bonds is 12. The third-order valence-corrected chi connectivity index (χ3v) is 15.0. The number of sulfonamides is 3. The van der Waals surface area contributed by atoms with E-state index in [1.54, 1.807) is 57.2 Å². The van der Waals surface area contributed by atoms with E-state index in [0.29, 0.717) is 0 Å². The number of benzene rings is 3. The van der Waals surface area contributed by atoms with E-state index in [4.69, 9.17) is 0 Å². The first-order chi connectivity index (χ1) is 26.0. The molecule has 1 aliphatic rings. The highest BCUT2D eigenvalue weighted by Gasteiger charge is 2.35. The molecule has 18 heteroatoms. The van der Waals surface area contributed by atoms with Gasteiger partial charge < -0.3 is 20.8 Å². The fraction of sp³-hybridized carbons (Fsp3) is 0.459. The van der Waals surface area contributed by atoms with E-state index in [2.05, 4.69) is 10.6 Å². The lowest BCUT2D eigenvalue weighted by Gasteiger charge is -2.31. The predicted octanol–water partition coefficient (Wildman–Crippen LogP) is 1.51. The lowest BCUT2D eigenvalue weighted by atomic mass is 9.98. The second-order valence-electron chi connectivity index (χ2n) is 13.6. The smallest absolute Gasteiger partial charge is 0.243 e. The molecule has 0 spiro atoms. The number of nitrogens with zero attached hydrogens (tertiary/aromatic N) is 3. The van der Waals surface area contributed by atoms with Crippen LogP contribution in [0.5, 0.6) is 0 Å². The summed E-state index contributed by atoms with van der Waals surface area (Å²) in [7, 11) is -13.2. The number of aryl methyl sites for hydroxylation is 3. The molecule has 4 rings (SSSR count). The average molecular weight is 822 g/mol. The number of amides is 2. The summed E-state index contributed by atoms with van der Waals surface area (Å²) in [5.41, 5.74) is 2.36. The summed E-state index contributed by atoms with van der Waals surface area (Å²) < 4.78 is 87.7. The normalized spacial score (nSPS) is 19.6. The Morgan fingerprint density at radius 2 is 0.782 bits per heavy atom. The Labute approximate surface area is 324 Å². The van der Waals surface area contributed by atoms with Crippen molar-refractivity contribution >= 4 is 41.9 Å². The molecule has 1 aliphatic heterocycles. The standard InChI is InChI=1S/C37H51N5O10S3/c1-28-8-14-31(15-9-28)53(47,48)40-20-22-41(54(49,50)32-16-10-29(2)11-17-32)26-36(45)38-34(6-4-24-43)35(7-5-25-44)39-37(46)27-42(23-21-40)55(51,52)33-18-12-30(3)13-19-33/h8-19,34-35,43-44H,4-7,20-27H2,1-3H3,(H,38,45)(H,39,46). The Bertz CT molecular complexity index is 1970. The van der Waals surface area contributed by atoms with Gasteiger partial charge in [0.1, 0.15) is 0 Å². The average Bonchev–Trinajstić information content (AvgIpc) is 3.14. The summed E-state index contributed by atoms with van der Waals surface area (Å²) in [5, 5.41) is 24.9. The van der Waals surface area contributed by atoms with Crippen molar-refractivity contribution < 1.29 is 45.1 Å². The fourth-order valence-corrected chi connectivity index (χ4v) is 10.3. The molecule has 55 heavy (non-hydrogen) atoms. The third kappa shape index (κ3) is 11.6. The molecule has 4 N–H and O–H groups in total. The van der Waals surface area contributed by atoms with Gasteiger partial charge in [0, 0.05) is 51.5 Å². The second kappa shape index (κ2) is 19.4. The molecule has 302 valence electrons. The Kier molecular flexibility index (Phi) is 15.5. The van der Waals surface area contributed by atoms with Gasteiger partial charge in [0.25, 0.3) is 0 Å². The minimum absolute atomic E-state index is 0.120. The van der Waals surface area contributed by atoms with Crippen molar-refractivity contribution in [2.24, 2.45) is 0 Å². The highest BCUT2D eigenvalue weighted by Crippen LogP contribution is 2.22. The number of carbonyl (C=O) groups is 2. The maximum absolute atomic E-state index is 14.2. The number of carbonyl (C=O) groups excluding carboxylic acids is 2. The Hall–Kier alpha value is -3.75. The number of nitrogens with one attached hydrogen (secondary N) is 2. The van der Waals surface area contributed by atoms with Crippen LogP contribution in [0.25, 0.3) is 0 Å². The van der Waals surface area contributed by atoms with Crippen LogP contribution >= 0.6 is 0 Å². The summed E-state index contributed by atoms with van der Waals surface area (Å²) in [6, 6.07) is 16.2. The van der Waals surface area contributed by atoms with Gasteiger partial charge in [0.15, 0.2) is 0 Å². The molecular weight excluding hydrogens is 771 g/mol. The lowest BCUT2D eigenvalue weighted by molar-refractivity contribution is -0.124. The molecule has 15 nitrogen and oxygen atoms in total. The van der Waals surface area contributed by atoms with Crippen LogP contribution in [0, 0.1) is 20.8 Å². The molecule has 3 aromatic carbocycles. The molecule has 0 bridgehead atoms. The van der Waals surface area contributed by atoms with E-state index in [0.717, 1.165) is 29.6 Å². The fourth-order valence-electron chi connectivity index (χ4n) is 6.14. The van der Waals surface area contributed by atoms with E-state index < -0.39 is 93.2 Å². The minimum Gasteiger partial charge on any atom is -0.396 e.